The molecular formula is C15H16N2O3. The maximum Gasteiger partial charge on any atom is 0.216 e. The van der Waals surface area contributed by atoms with Gasteiger partial charge in [-0.2, -0.15) is 0 Å². The highest BCUT2D eigenvalue weighted by atomic mass is 16.5. The maximum absolute atomic E-state index is 12.0. The molecule has 0 N–H and O–H groups in total. The Hall–Kier alpha value is -2.43. The van der Waals surface area contributed by atoms with E-state index in [1.807, 2.05) is 24.3 Å². The Morgan fingerprint density at radius 2 is 1.85 bits per heavy atom. The highest BCUT2D eigenvalue weighted by Crippen LogP contribution is 2.14. The number of hydrogen-bond donors (Lipinski definition) is 0. The molecule has 5 nitrogen and oxygen atoms in total. The van der Waals surface area contributed by atoms with Crippen molar-refractivity contribution in [3.63, 3.8) is 0 Å². The van der Waals surface area contributed by atoms with Crippen LogP contribution in [0, 0.1) is 0 Å². The highest BCUT2D eigenvalue weighted by Gasteiger charge is 2.09. The number of carbonyl (C=O) groups excluding carboxylic acids is 1. The molecule has 0 fully saturated rings. The Balaban J connectivity index is 1.97. The Kier molecular flexibility index (Phi) is 4.65. The number of ketones is 1. The Bertz CT molecular complexity index is 582. The third kappa shape index (κ3) is 3.54. The highest BCUT2D eigenvalue weighted by molar-refractivity contribution is 5.94. The van der Waals surface area contributed by atoms with Crippen LogP contribution in [0.1, 0.15) is 22.5 Å². The average molecular weight is 272 g/mol. The van der Waals surface area contributed by atoms with E-state index in [-0.39, 0.29) is 5.78 Å². The summed E-state index contributed by atoms with van der Waals surface area (Å²) in [7, 11) is 3.13. The predicted octanol–water partition coefficient (Wildman–Crippen LogP) is 2.31. The largest absolute Gasteiger partial charge is 0.497 e. The average Bonchev–Trinajstić information content (AvgIpc) is 2.53. The van der Waals surface area contributed by atoms with Crippen molar-refractivity contribution in [2.75, 3.05) is 14.2 Å². The minimum atomic E-state index is -0.0264. The third-order valence-electron chi connectivity index (χ3n) is 2.94. The SMILES string of the molecule is COc1ccc(CCC(=O)c2cc(OC)ncn2)cc1. The quantitative estimate of drug-likeness (QED) is 0.755. The molecule has 0 aliphatic rings. The molecule has 2 rings (SSSR count). The first-order chi connectivity index (χ1) is 9.72. The van der Waals surface area contributed by atoms with Crippen molar-refractivity contribution in [1.82, 2.24) is 9.97 Å². The molecule has 0 atom stereocenters. The summed E-state index contributed by atoms with van der Waals surface area (Å²) >= 11 is 0. The van der Waals surface area contributed by atoms with Crippen LogP contribution in [-0.4, -0.2) is 30.0 Å². The first-order valence-electron chi connectivity index (χ1n) is 6.25. The number of benzene rings is 1. The summed E-state index contributed by atoms with van der Waals surface area (Å²) in [4.78, 5) is 19.9. The predicted molar refractivity (Wildman–Crippen MR) is 74.2 cm³/mol. The smallest absolute Gasteiger partial charge is 0.216 e. The molecule has 0 amide bonds. The number of hydrogen-bond acceptors (Lipinski definition) is 5. The zero-order valence-corrected chi connectivity index (χ0v) is 11.5. The number of rotatable bonds is 6. The molecule has 1 heterocycles. The summed E-state index contributed by atoms with van der Waals surface area (Å²) in [5.41, 5.74) is 1.46. The molecule has 5 heteroatoms. The topological polar surface area (TPSA) is 61.3 Å². The van der Waals surface area contributed by atoms with Crippen LogP contribution in [0.4, 0.5) is 0 Å². The fraction of sp³-hybridized carbons (Fsp3) is 0.267. The number of nitrogens with zero attached hydrogens (tertiary/aromatic N) is 2. The van der Waals surface area contributed by atoms with Crippen molar-refractivity contribution in [3.8, 4) is 11.6 Å². The van der Waals surface area contributed by atoms with Gasteiger partial charge in [0.25, 0.3) is 0 Å². The lowest BCUT2D eigenvalue weighted by Gasteiger charge is -2.04. The van der Waals surface area contributed by atoms with Gasteiger partial charge in [0.15, 0.2) is 5.78 Å². The minimum Gasteiger partial charge on any atom is -0.497 e. The van der Waals surface area contributed by atoms with Crippen molar-refractivity contribution in [3.05, 3.63) is 47.9 Å². The monoisotopic (exact) mass is 272 g/mol. The molecule has 0 radical (unpaired) electrons. The van der Waals surface area contributed by atoms with Gasteiger partial charge < -0.3 is 9.47 Å². The van der Waals surface area contributed by atoms with E-state index in [0.29, 0.717) is 24.4 Å². The van der Waals surface area contributed by atoms with E-state index < -0.39 is 0 Å². The number of aryl methyl sites for hydroxylation is 1. The van der Waals surface area contributed by atoms with Crippen LogP contribution in [-0.2, 0) is 6.42 Å². The molecule has 0 bridgehead atoms. The third-order valence-corrected chi connectivity index (χ3v) is 2.94. The summed E-state index contributed by atoms with van der Waals surface area (Å²) in [6.45, 7) is 0. The van der Waals surface area contributed by atoms with Gasteiger partial charge in [0.2, 0.25) is 5.88 Å². The van der Waals surface area contributed by atoms with Gasteiger partial charge >= 0.3 is 0 Å². The lowest BCUT2D eigenvalue weighted by Crippen LogP contribution is -2.05. The van der Waals surface area contributed by atoms with E-state index in [1.54, 1.807) is 13.2 Å². The lowest BCUT2D eigenvalue weighted by molar-refractivity contribution is 0.0977. The van der Waals surface area contributed by atoms with Gasteiger partial charge in [0, 0.05) is 12.5 Å². The number of Topliss-reactive ketones (excluding diaryl/α,β-unsaturated/α-hetero) is 1. The molecule has 104 valence electrons. The van der Waals surface area contributed by atoms with Crippen LogP contribution in [0.5, 0.6) is 11.6 Å². The van der Waals surface area contributed by atoms with Crippen molar-refractivity contribution < 1.29 is 14.3 Å². The summed E-state index contributed by atoms with van der Waals surface area (Å²) in [5.74, 6) is 1.18. The van der Waals surface area contributed by atoms with Crippen LogP contribution in [0.3, 0.4) is 0 Å². The van der Waals surface area contributed by atoms with E-state index in [9.17, 15) is 4.79 Å². The van der Waals surface area contributed by atoms with Crippen LogP contribution in [0.25, 0.3) is 0 Å². The van der Waals surface area contributed by atoms with E-state index in [2.05, 4.69) is 9.97 Å². The molecule has 0 aliphatic heterocycles. The summed E-state index contributed by atoms with van der Waals surface area (Å²) < 4.78 is 10.1. The Labute approximate surface area is 117 Å². The molecule has 20 heavy (non-hydrogen) atoms. The van der Waals surface area contributed by atoms with Crippen LogP contribution in [0.2, 0.25) is 0 Å². The van der Waals surface area contributed by atoms with Gasteiger partial charge in [-0.25, -0.2) is 9.97 Å². The van der Waals surface area contributed by atoms with E-state index in [0.717, 1.165) is 11.3 Å². The van der Waals surface area contributed by atoms with Crippen molar-refractivity contribution >= 4 is 5.78 Å². The van der Waals surface area contributed by atoms with Gasteiger partial charge in [-0.05, 0) is 24.1 Å². The Morgan fingerprint density at radius 1 is 1.10 bits per heavy atom. The van der Waals surface area contributed by atoms with E-state index in [4.69, 9.17) is 9.47 Å². The zero-order chi connectivity index (χ0) is 14.4. The molecule has 0 aliphatic carbocycles. The molecule has 0 spiro atoms. The molecule has 0 saturated heterocycles. The zero-order valence-electron chi connectivity index (χ0n) is 11.5. The van der Waals surface area contributed by atoms with Gasteiger partial charge in [0.1, 0.15) is 17.8 Å². The second-order valence-electron chi connectivity index (χ2n) is 4.22. The van der Waals surface area contributed by atoms with Gasteiger partial charge in [-0.1, -0.05) is 12.1 Å². The molecule has 0 unspecified atom stereocenters. The van der Waals surface area contributed by atoms with Crippen molar-refractivity contribution in [2.24, 2.45) is 0 Å². The Morgan fingerprint density at radius 3 is 2.50 bits per heavy atom. The minimum absolute atomic E-state index is 0.0264. The van der Waals surface area contributed by atoms with E-state index in [1.165, 1.54) is 13.4 Å². The van der Waals surface area contributed by atoms with E-state index >= 15 is 0 Å². The fourth-order valence-corrected chi connectivity index (χ4v) is 1.78. The maximum atomic E-state index is 12.0. The van der Waals surface area contributed by atoms with Crippen LogP contribution < -0.4 is 9.47 Å². The van der Waals surface area contributed by atoms with Crippen LogP contribution >= 0.6 is 0 Å². The second kappa shape index (κ2) is 6.65. The normalized spacial score (nSPS) is 10.1. The molecule has 0 saturated carbocycles. The summed E-state index contributed by atoms with van der Waals surface area (Å²) in [5, 5.41) is 0. The second-order valence-corrected chi connectivity index (χ2v) is 4.22. The molecule has 2 aromatic rings. The lowest BCUT2D eigenvalue weighted by atomic mass is 10.1. The van der Waals surface area contributed by atoms with Crippen LogP contribution in [0.15, 0.2) is 36.7 Å². The summed E-state index contributed by atoms with van der Waals surface area (Å²) in [6, 6.07) is 9.22. The van der Waals surface area contributed by atoms with Gasteiger partial charge in [-0.3, -0.25) is 4.79 Å². The van der Waals surface area contributed by atoms with Gasteiger partial charge in [0.05, 0.1) is 14.2 Å². The van der Waals surface area contributed by atoms with Crippen molar-refractivity contribution in [2.45, 2.75) is 12.8 Å². The number of aromatic nitrogens is 2. The molecular weight excluding hydrogens is 256 g/mol. The summed E-state index contributed by atoms with van der Waals surface area (Å²) in [6.07, 6.45) is 2.39. The molecule has 1 aromatic heterocycles. The molecule has 1 aromatic carbocycles. The fourth-order valence-electron chi connectivity index (χ4n) is 1.78. The number of carbonyl (C=O) groups is 1. The van der Waals surface area contributed by atoms with Crippen molar-refractivity contribution in [1.29, 1.82) is 0 Å². The standard InChI is InChI=1S/C15H16N2O3/c1-19-12-6-3-11(4-7-12)5-8-14(18)13-9-15(20-2)17-10-16-13/h3-4,6-7,9-10H,5,8H2,1-2H3. The first kappa shape index (κ1) is 14.0. The number of ether oxygens (including phenoxy) is 2. The first-order valence-corrected chi connectivity index (χ1v) is 6.25. The number of methoxy groups -OCH3 is 2. The van der Waals surface area contributed by atoms with Gasteiger partial charge in [-0.15, -0.1) is 0 Å².